The molecule has 1 aliphatic rings. The molecule has 0 amide bonds. The average Bonchev–Trinajstić information content (AvgIpc) is 3.01. The third-order valence-electron chi connectivity index (χ3n) is 2.40. The fraction of sp³-hybridized carbons (Fsp3) is 0.455. The SMILES string of the molecule is FC(F)Oc1ccc(Cl)cc1CNC1CC1. The van der Waals surface area contributed by atoms with Crippen LogP contribution < -0.4 is 10.1 Å². The Morgan fingerprint density at radius 3 is 2.81 bits per heavy atom. The number of hydrogen-bond acceptors (Lipinski definition) is 2. The van der Waals surface area contributed by atoms with Gasteiger partial charge < -0.3 is 10.1 Å². The van der Waals surface area contributed by atoms with Crippen molar-refractivity contribution >= 4 is 11.6 Å². The van der Waals surface area contributed by atoms with Gasteiger partial charge in [0.05, 0.1) is 0 Å². The first-order chi connectivity index (χ1) is 7.65. The molecule has 0 atom stereocenters. The van der Waals surface area contributed by atoms with Gasteiger partial charge in [-0.3, -0.25) is 0 Å². The van der Waals surface area contributed by atoms with Gasteiger partial charge in [0.1, 0.15) is 5.75 Å². The number of benzene rings is 1. The predicted octanol–water partition coefficient (Wildman–Crippen LogP) is 3.19. The van der Waals surface area contributed by atoms with Gasteiger partial charge in [0.25, 0.3) is 0 Å². The highest BCUT2D eigenvalue weighted by atomic mass is 35.5. The number of halogens is 3. The highest BCUT2D eigenvalue weighted by Gasteiger charge is 2.21. The van der Waals surface area contributed by atoms with Gasteiger partial charge in [-0.15, -0.1) is 0 Å². The van der Waals surface area contributed by atoms with Crippen LogP contribution in [0.15, 0.2) is 18.2 Å². The van der Waals surface area contributed by atoms with Gasteiger partial charge in [0.15, 0.2) is 0 Å². The van der Waals surface area contributed by atoms with E-state index < -0.39 is 6.61 Å². The molecule has 1 saturated carbocycles. The standard InChI is InChI=1S/C11H12ClF2NO/c12-8-1-4-10(16-11(13)14)7(5-8)6-15-9-2-3-9/h1,4-5,9,11,15H,2-3,6H2. The summed E-state index contributed by atoms with van der Waals surface area (Å²) in [6, 6.07) is 5.17. The van der Waals surface area contributed by atoms with Crippen molar-refractivity contribution in [1.82, 2.24) is 5.32 Å². The maximum atomic E-state index is 12.1. The van der Waals surface area contributed by atoms with E-state index in [9.17, 15) is 8.78 Å². The Labute approximate surface area is 97.5 Å². The second-order valence-corrected chi connectivity index (χ2v) is 4.22. The van der Waals surface area contributed by atoms with Crippen LogP contribution in [-0.4, -0.2) is 12.7 Å². The molecule has 0 spiro atoms. The summed E-state index contributed by atoms with van der Waals surface area (Å²) in [4.78, 5) is 0. The van der Waals surface area contributed by atoms with Crippen molar-refractivity contribution in [2.75, 3.05) is 0 Å². The molecule has 0 heterocycles. The van der Waals surface area contributed by atoms with Crippen LogP contribution in [0.4, 0.5) is 8.78 Å². The molecule has 5 heteroatoms. The second kappa shape index (κ2) is 4.97. The quantitative estimate of drug-likeness (QED) is 0.863. The molecule has 1 aromatic rings. The zero-order valence-corrected chi connectivity index (χ0v) is 9.31. The Balaban J connectivity index is 2.07. The first kappa shape index (κ1) is 11.6. The number of rotatable bonds is 5. The van der Waals surface area contributed by atoms with E-state index in [0.29, 0.717) is 23.2 Å². The van der Waals surface area contributed by atoms with Crippen molar-refractivity contribution in [2.45, 2.75) is 32.0 Å². The van der Waals surface area contributed by atoms with E-state index in [1.54, 1.807) is 12.1 Å². The van der Waals surface area contributed by atoms with E-state index in [4.69, 9.17) is 11.6 Å². The van der Waals surface area contributed by atoms with Crippen LogP contribution in [0.5, 0.6) is 5.75 Å². The minimum atomic E-state index is -2.80. The Bertz CT molecular complexity index is 369. The molecule has 0 aliphatic heterocycles. The zero-order chi connectivity index (χ0) is 11.5. The molecule has 16 heavy (non-hydrogen) atoms. The summed E-state index contributed by atoms with van der Waals surface area (Å²) in [6.45, 7) is -2.30. The third-order valence-corrected chi connectivity index (χ3v) is 2.63. The molecule has 0 aromatic heterocycles. The topological polar surface area (TPSA) is 21.3 Å². The summed E-state index contributed by atoms with van der Waals surface area (Å²) in [5.74, 6) is 0.188. The van der Waals surface area contributed by atoms with Crippen LogP contribution in [0.25, 0.3) is 0 Å². The van der Waals surface area contributed by atoms with E-state index in [-0.39, 0.29) is 5.75 Å². The first-order valence-electron chi connectivity index (χ1n) is 5.12. The van der Waals surface area contributed by atoms with Crippen molar-refractivity contribution in [3.63, 3.8) is 0 Å². The van der Waals surface area contributed by atoms with Crippen LogP contribution >= 0.6 is 11.6 Å². The van der Waals surface area contributed by atoms with Gasteiger partial charge in [0.2, 0.25) is 0 Å². The average molecular weight is 248 g/mol. The molecule has 88 valence electrons. The minimum absolute atomic E-state index is 0.188. The van der Waals surface area contributed by atoms with Gasteiger partial charge in [-0.25, -0.2) is 0 Å². The number of nitrogens with one attached hydrogen (secondary N) is 1. The number of alkyl halides is 2. The highest BCUT2D eigenvalue weighted by Crippen LogP contribution is 2.26. The maximum Gasteiger partial charge on any atom is 0.387 e. The summed E-state index contributed by atoms with van der Waals surface area (Å²) in [6.07, 6.45) is 2.29. The maximum absolute atomic E-state index is 12.1. The van der Waals surface area contributed by atoms with E-state index in [1.807, 2.05) is 0 Å². The Morgan fingerprint density at radius 1 is 1.44 bits per heavy atom. The minimum Gasteiger partial charge on any atom is -0.434 e. The summed E-state index contributed by atoms with van der Waals surface area (Å²) in [5.41, 5.74) is 0.666. The van der Waals surface area contributed by atoms with Crippen molar-refractivity contribution in [3.05, 3.63) is 28.8 Å². The second-order valence-electron chi connectivity index (χ2n) is 3.79. The van der Waals surface area contributed by atoms with Crippen LogP contribution in [-0.2, 0) is 6.54 Å². The predicted molar refractivity (Wildman–Crippen MR) is 57.9 cm³/mol. The molecule has 1 aromatic carbocycles. The summed E-state index contributed by atoms with van der Waals surface area (Å²) in [7, 11) is 0. The smallest absolute Gasteiger partial charge is 0.387 e. The van der Waals surface area contributed by atoms with E-state index in [0.717, 1.165) is 12.8 Å². The Hall–Kier alpha value is -0.870. The molecule has 1 aliphatic carbocycles. The zero-order valence-electron chi connectivity index (χ0n) is 8.55. The van der Waals surface area contributed by atoms with Gasteiger partial charge in [-0.1, -0.05) is 11.6 Å². The van der Waals surface area contributed by atoms with Crippen molar-refractivity contribution in [3.8, 4) is 5.75 Å². The Morgan fingerprint density at radius 2 is 2.19 bits per heavy atom. The molecule has 1 N–H and O–H groups in total. The van der Waals surface area contributed by atoms with E-state index in [2.05, 4.69) is 10.1 Å². The lowest BCUT2D eigenvalue weighted by atomic mass is 10.2. The Kier molecular flexibility index (Phi) is 3.61. The van der Waals surface area contributed by atoms with Crippen molar-refractivity contribution in [1.29, 1.82) is 0 Å². The van der Waals surface area contributed by atoms with Crippen LogP contribution in [0.1, 0.15) is 18.4 Å². The van der Waals surface area contributed by atoms with E-state index in [1.165, 1.54) is 6.07 Å². The molecular weight excluding hydrogens is 236 g/mol. The molecule has 0 saturated heterocycles. The van der Waals surface area contributed by atoms with Gasteiger partial charge in [0, 0.05) is 23.2 Å². The molecular formula is C11H12ClF2NO. The summed E-state index contributed by atoms with van der Waals surface area (Å²) < 4.78 is 28.7. The van der Waals surface area contributed by atoms with E-state index >= 15 is 0 Å². The van der Waals surface area contributed by atoms with Crippen molar-refractivity contribution in [2.24, 2.45) is 0 Å². The molecule has 0 unspecified atom stereocenters. The highest BCUT2D eigenvalue weighted by molar-refractivity contribution is 6.30. The number of hydrogen-bond donors (Lipinski definition) is 1. The third kappa shape index (κ3) is 3.32. The largest absolute Gasteiger partial charge is 0.434 e. The van der Waals surface area contributed by atoms with Gasteiger partial charge in [-0.2, -0.15) is 8.78 Å². The van der Waals surface area contributed by atoms with Crippen LogP contribution in [0, 0.1) is 0 Å². The van der Waals surface area contributed by atoms with Crippen LogP contribution in [0.2, 0.25) is 5.02 Å². The lowest BCUT2D eigenvalue weighted by Gasteiger charge is -2.11. The first-order valence-corrected chi connectivity index (χ1v) is 5.49. The monoisotopic (exact) mass is 247 g/mol. The van der Waals surface area contributed by atoms with Crippen LogP contribution in [0.3, 0.4) is 0 Å². The lowest BCUT2D eigenvalue weighted by molar-refractivity contribution is -0.0504. The fourth-order valence-electron chi connectivity index (χ4n) is 1.44. The van der Waals surface area contributed by atoms with Crippen molar-refractivity contribution < 1.29 is 13.5 Å². The molecule has 0 radical (unpaired) electrons. The molecule has 2 rings (SSSR count). The summed E-state index contributed by atoms with van der Waals surface area (Å²) in [5, 5.41) is 3.75. The molecule has 1 fully saturated rings. The fourth-order valence-corrected chi connectivity index (χ4v) is 1.63. The van der Waals surface area contributed by atoms with Gasteiger partial charge in [-0.05, 0) is 31.0 Å². The number of ether oxygens (including phenoxy) is 1. The molecule has 2 nitrogen and oxygen atoms in total. The lowest BCUT2D eigenvalue weighted by Crippen LogP contribution is -2.16. The normalized spacial score (nSPS) is 15.5. The molecule has 0 bridgehead atoms. The van der Waals surface area contributed by atoms with Gasteiger partial charge >= 0.3 is 6.61 Å². The summed E-state index contributed by atoms with van der Waals surface area (Å²) >= 11 is 5.81.